The summed E-state index contributed by atoms with van der Waals surface area (Å²) in [6, 6.07) is 13.8. The van der Waals surface area contributed by atoms with Gasteiger partial charge in [-0.15, -0.1) is 0 Å². The zero-order valence-corrected chi connectivity index (χ0v) is 10.9. The lowest BCUT2D eigenvalue weighted by Gasteiger charge is -2.13. The summed E-state index contributed by atoms with van der Waals surface area (Å²) in [6.45, 7) is 1.41. The SMILES string of the molecule is C1=Cc2cc(Oc3cccc(OCC4CO4)c3)ccc21. The molecular formula is C17H14O3. The highest BCUT2D eigenvalue weighted by atomic mass is 16.6. The summed E-state index contributed by atoms with van der Waals surface area (Å²) < 4.78 is 16.6. The topological polar surface area (TPSA) is 31.0 Å². The van der Waals surface area contributed by atoms with Gasteiger partial charge in [0.15, 0.2) is 0 Å². The molecule has 0 spiro atoms. The van der Waals surface area contributed by atoms with E-state index in [4.69, 9.17) is 14.2 Å². The summed E-state index contributed by atoms with van der Waals surface area (Å²) in [5.74, 6) is 2.43. The minimum absolute atomic E-state index is 0.263. The summed E-state index contributed by atoms with van der Waals surface area (Å²) in [4.78, 5) is 0. The Hall–Kier alpha value is -2.26. The van der Waals surface area contributed by atoms with Crippen molar-refractivity contribution in [1.82, 2.24) is 0 Å². The lowest BCUT2D eigenvalue weighted by Crippen LogP contribution is -2.03. The molecule has 1 aliphatic heterocycles. The van der Waals surface area contributed by atoms with Gasteiger partial charge in [-0.2, -0.15) is 0 Å². The fourth-order valence-corrected chi connectivity index (χ4v) is 2.11. The molecule has 2 aromatic rings. The second-order valence-electron chi connectivity index (χ2n) is 4.97. The lowest BCUT2D eigenvalue weighted by atomic mass is 9.98. The molecule has 3 nitrogen and oxygen atoms in total. The molecule has 0 saturated carbocycles. The molecule has 0 aromatic heterocycles. The minimum atomic E-state index is 0.263. The standard InChI is InChI=1S/C17H14O3/c1-2-14(18-10-17-11-19-17)9-15(3-1)20-16-7-6-12-4-5-13(12)8-16/h1-9,17H,10-11H2. The van der Waals surface area contributed by atoms with Crippen molar-refractivity contribution in [3.05, 3.63) is 53.6 Å². The summed E-state index contributed by atoms with van der Waals surface area (Å²) in [6.07, 6.45) is 4.43. The van der Waals surface area contributed by atoms with Gasteiger partial charge in [0.05, 0.1) is 6.61 Å². The Morgan fingerprint density at radius 1 is 0.950 bits per heavy atom. The normalized spacial score (nSPS) is 18.1. The molecule has 1 saturated heterocycles. The van der Waals surface area contributed by atoms with Gasteiger partial charge in [-0.1, -0.05) is 24.3 Å². The second-order valence-corrected chi connectivity index (χ2v) is 4.97. The van der Waals surface area contributed by atoms with Crippen LogP contribution < -0.4 is 9.47 Å². The molecule has 1 atom stereocenters. The van der Waals surface area contributed by atoms with E-state index in [9.17, 15) is 0 Å². The maximum Gasteiger partial charge on any atom is 0.131 e. The van der Waals surface area contributed by atoms with Crippen LogP contribution in [0.25, 0.3) is 12.2 Å². The third-order valence-corrected chi connectivity index (χ3v) is 3.38. The van der Waals surface area contributed by atoms with E-state index < -0.39 is 0 Å². The number of epoxide rings is 1. The van der Waals surface area contributed by atoms with E-state index in [1.54, 1.807) is 0 Å². The molecule has 2 aliphatic rings. The number of hydrogen-bond acceptors (Lipinski definition) is 3. The first-order valence-electron chi connectivity index (χ1n) is 6.71. The van der Waals surface area contributed by atoms with Gasteiger partial charge in [-0.3, -0.25) is 0 Å². The molecule has 2 aromatic carbocycles. The first-order valence-corrected chi connectivity index (χ1v) is 6.71. The van der Waals surface area contributed by atoms with Gasteiger partial charge >= 0.3 is 0 Å². The van der Waals surface area contributed by atoms with Gasteiger partial charge in [0.1, 0.15) is 30.0 Å². The molecule has 3 heteroatoms. The smallest absolute Gasteiger partial charge is 0.131 e. The minimum Gasteiger partial charge on any atom is -0.491 e. The zero-order valence-electron chi connectivity index (χ0n) is 10.9. The van der Waals surface area contributed by atoms with Crippen LogP contribution in [0.5, 0.6) is 17.2 Å². The molecule has 0 radical (unpaired) electrons. The summed E-state index contributed by atoms with van der Waals surface area (Å²) >= 11 is 0. The molecule has 100 valence electrons. The predicted molar refractivity (Wildman–Crippen MR) is 77.1 cm³/mol. The van der Waals surface area contributed by atoms with E-state index in [2.05, 4.69) is 18.2 Å². The maximum atomic E-state index is 5.87. The van der Waals surface area contributed by atoms with Crippen molar-refractivity contribution >= 4 is 12.2 Å². The highest BCUT2D eigenvalue weighted by Crippen LogP contribution is 2.31. The maximum absolute atomic E-state index is 5.87. The van der Waals surface area contributed by atoms with E-state index in [0.717, 1.165) is 23.9 Å². The van der Waals surface area contributed by atoms with E-state index in [1.807, 2.05) is 36.4 Å². The van der Waals surface area contributed by atoms with Crippen LogP contribution in [0.1, 0.15) is 11.1 Å². The molecule has 0 N–H and O–H groups in total. The van der Waals surface area contributed by atoms with Crippen molar-refractivity contribution in [2.75, 3.05) is 13.2 Å². The van der Waals surface area contributed by atoms with Gasteiger partial charge in [0.2, 0.25) is 0 Å². The van der Waals surface area contributed by atoms with Gasteiger partial charge in [0, 0.05) is 6.07 Å². The lowest BCUT2D eigenvalue weighted by molar-refractivity contribution is 0.262. The Kier molecular flexibility index (Phi) is 2.71. The van der Waals surface area contributed by atoms with Crippen molar-refractivity contribution in [3.63, 3.8) is 0 Å². The summed E-state index contributed by atoms with van der Waals surface area (Å²) in [5.41, 5.74) is 2.49. The van der Waals surface area contributed by atoms with Crippen LogP contribution in [0.2, 0.25) is 0 Å². The Balaban J connectivity index is 1.47. The van der Waals surface area contributed by atoms with Crippen molar-refractivity contribution in [3.8, 4) is 17.2 Å². The summed E-state index contributed by atoms with van der Waals surface area (Å²) in [5, 5.41) is 0. The molecule has 4 rings (SSSR count). The van der Waals surface area contributed by atoms with Gasteiger partial charge in [0.25, 0.3) is 0 Å². The molecule has 1 fully saturated rings. The van der Waals surface area contributed by atoms with Crippen molar-refractivity contribution in [1.29, 1.82) is 0 Å². The Bertz CT molecular complexity index is 672. The highest BCUT2D eigenvalue weighted by Gasteiger charge is 2.23. The van der Waals surface area contributed by atoms with Crippen LogP contribution in [-0.4, -0.2) is 19.3 Å². The van der Waals surface area contributed by atoms with Crippen molar-refractivity contribution in [2.24, 2.45) is 0 Å². The van der Waals surface area contributed by atoms with Crippen LogP contribution in [-0.2, 0) is 4.74 Å². The van der Waals surface area contributed by atoms with Crippen molar-refractivity contribution < 1.29 is 14.2 Å². The molecule has 1 heterocycles. The van der Waals surface area contributed by atoms with Crippen LogP contribution in [0, 0.1) is 0 Å². The highest BCUT2D eigenvalue weighted by molar-refractivity contribution is 5.86. The van der Waals surface area contributed by atoms with Gasteiger partial charge < -0.3 is 14.2 Å². The van der Waals surface area contributed by atoms with Crippen molar-refractivity contribution in [2.45, 2.75) is 6.10 Å². The number of rotatable bonds is 5. The molecule has 0 bridgehead atoms. The largest absolute Gasteiger partial charge is 0.491 e. The number of ether oxygens (including phenoxy) is 3. The zero-order chi connectivity index (χ0) is 13.4. The molecule has 0 amide bonds. The Morgan fingerprint density at radius 2 is 1.75 bits per heavy atom. The van der Waals surface area contributed by atoms with E-state index in [0.29, 0.717) is 6.61 Å². The third kappa shape index (κ3) is 2.40. The molecule has 20 heavy (non-hydrogen) atoms. The predicted octanol–water partition coefficient (Wildman–Crippen LogP) is 3.74. The number of hydrogen-bond donors (Lipinski definition) is 0. The van der Waals surface area contributed by atoms with Crippen LogP contribution in [0.15, 0.2) is 42.5 Å². The molecular weight excluding hydrogens is 252 g/mol. The molecule has 1 unspecified atom stereocenters. The average Bonchev–Trinajstić information content (AvgIpc) is 3.24. The Labute approximate surface area is 117 Å². The second kappa shape index (κ2) is 4.69. The van der Waals surface area contributed by atoms with Crippen LogP contribution in [0.3, 0.4) is 0 Å². The first-order chi connectivity index (χ1) is 9.87. The number of fused-ring (bicyclic) bond motifs is 1. The van der Waals surface area contributed by atoms with E-state index in [1.165, 1.54) is 11.1 Å². The quantitative estimate of drug-likeness (QED) is 0.659. The van der Waals surface area contributed by atoms with Crippen LogP contribution >= 0.6 is 0 Å². The Morgan fingerprint density at radius 3 is 2.50 bits per heavy atom. The van der Waals surface area contributed by atoms with E-state index >= 15 is 0 Å². The monoisotopic (exact) mass is 266 g/mol. The fraction of sp³-hybridized carbons (Fsp3) is 0.176. The summed E-state index contributed by atoms with van der Waals surface area (Å²) in [7, 11) is 0. The van der Waals surface area contributed by atoms with Crippen LogP contribution in [0.4, 0.5) is 0 Å². The van der Waals surface area contributed by atoms with Gasteiger partial charge in [-0.05, 0) is 35.4 Å². The molecule has 1 aliphatic carbocycles. The average molecular weight is 266 g/mol. The van der Waals surface area contributed by atoms with Gasteiger partial charge in [-0.25, -0.2) is 0 Å². The number of benzene rings is 2. The third-order valence-electron chi connectivity index (χ3n) is 3.38. The fourth-order valence-electron chi connectivity index (χ4n) is 2.11. The first kappa shape index (κ1) is 11.6. The van der Waals surface area contributed by atoms with E-state index in [-0.39, 0.29) is 6.10 Å².